The maximum atomic E-state index is 12.2. The van der Waals surface area contributed by atoms with Crippen molar-refractivity contribution in [3.05, 3.63) is 18.2 Å². The topological polar surface area (TPSA) is 66.5 Å². The molecule has 6 nitrogen and oxygen atoms in total. The fourth-order valence-corrected chi connectivity index (χ4v) is 4.67. The van der Waals surface area contributed by atoms with Crippen molar-refractivity contribution < 1.29 is 9.53 Å². The van der Waals surface area contributed by atoms with Crippen molar-refractivity contribution in [2.24, 2.45) is 0 Å². The van der Waals surface area contributed by atoms with Crippen LogP contribution in [0.1, 0.15) is 0 Å². The van der Waals surface area contributed by atoms with Crippen molar-refractivity contribution in [2.75, 3.05) is 48.1 Å². The van der Waals surface area contributed by atoms with E-state index in [2.05, 4.69) is 15.5 Å². The molecule has 0 bridgehead atoms. The number of hydrogen-bond acceptors (Lipinski definition) is 7. The summed E-state index contributed by atoms with van der Waals surface area (Å²) in [5, 5.41) is 7.21. The van der Waals surface area contributed by atoms with E-state index in [1.165, 1.54) is 0 Å². The van der Waals surface area contributed by atoms with E-state index in [1.807, 2.05) is 18.2 Å². The number of nitrogens with zero attached hydrogens (tertiary/aromatic N) is 2. The Kier molecular flexibility index (Phi) is 7.60. The van der Waals surface area contributed by atoms with Crippen LogP contribution in [0.25, 0.3) is 10.2 Å². The van der Waals surface area contributed by atoms with Gasteiger partial charge in [-0.25, -0.2) is 4.98 Å². The zero-order chi connectivity index (χ0) is 15.6. The maximum Gasteiger partial charge on any atom is 0.242 e. The van der Waals surface area contributed by atoms with Gasteiger partial charge in [0.1, 0.15) is 0 Å². The van der Waals surface area contributed by atoms with Crippen molar-refractivity contribution in [3.8, 4) is 0 Å². The summed E-state index contributed by atoms with van der Waals surface area (Å²) in [6, 6.07) is 5.81. The van der Waals surface area contributed by atoms with E-state index in [9.17, 15) is 4.79 Å². The third-order valence-electron chi connectivity index (χ3n) is 3.96. The summed E-state index contributed by atoms with van der Waals surface area (Å²) in [6.45, 7) is 3.27. The van der Waals surface area contributed by atoms with Gasteiger partial charge >= 0.3 is 0 Å². The highest BCUT2D eigenvalue weighted by atomic mass is 35.5. The fourth-order valence-electron chi connectivity index (χ4n) is 2.67. The zero-order valence-electron chi connectivity index (χ0n) is 13.4. The number of morpholine rings is 1. The average Bonchev–Trinajstić information content (AvgIpc) is 3.25. The molecular weight excluding hydrogens is 403 g/mol. The number of fused-ring (bicyclic) bond motifs is 1. The lowest BCUT2D eigenvalue weighted by Gasteiger charge is -2.25. The summed E-state index contributed by atoms with van der Waals surface area (Å²) >= 11 is 3.41. The number of rotatable bonds is 3. The Morgan fingerprint density at radius 1 is 1.32 bits per heavy atom. The molecule has 0 spiro atoms. The van der Waals surface area contributed by atoms with Crippen molar-refractivity contribution in [2.45, 2.75) is 6.04 Å². The average molecular weight is 423 g/mol. The van der Waals surface area contributed by atoms with Gasteiger partial charge in [-0.05, 0) is 18.2 Å². The smallest absolute Gasteiger partial charge is 0.242 e. The summed E-state index contributed by atoms with van der Waals surface area (Å²) in [5.41, 5.74) is 1.81. The quantitative estimate of drug-likeness (QED) is 0.791. The summed E-state index contributed by atoms with van der Waals surface area (Å²) in [4.78, 5) is 19.1. The third-order valence-corrected chi connectivity index (χ3v) is 5.98. The molecule has 10 heteroatoms. The first kappa shape index (κ1) is 20.5. The molecule has 1 aromatic carbocycles. The van der Waals surface area contributed by atoms with Crippen LogP contribution in [0.15, 0.2) is 18.2 Å². The summed E-state index contributed by atoms with van der Waals surface area (Å²) in [6.07, 6.45) is 0. The molecular formula is C15H20Cl2N4O2S2. The van der Waals surface area contributed by atoms with Crippen LogP contribution in [-0.4, -0.2) is 54.9 Å². The number of benzene rings is 1. The second kappa shape index (κ2) is 9.25. The number of carbonyl (C=O) groups excluding carboxylic acids is 1. The lowest BCUT2D eigenvalue weighted by molar-refractivity contribution is -0.117. The number of aromatic nitrogens is 1. The first-order valence-electron chi connectivity index (χ1n) is 7.65. The van der Waals surface area contributed by atoms with Crippen molar-refractivity contribution in [3.63, 3.8) is 0 Å². The molecule has 0 aliphatic carbocycles. The van der Waals surface area contributed by atoms with Crippen LogP contribution in [0, 0.1) is 0 Å². The number of thioether (sulfide) groups is 1. The van der Waals surface area contributed by atoms with Crippen LogP contribution in [-0.2, 0) is 9.53 Å². The van der Waals surface area contributed by atoms with E-state index in [-0.39, 0.29) is 36.8 Å². The van der Waals surface area contributed by atoms with Crippen LogP contribution in [0.5, 0.6) is 0 Å². The minimum Gasteiger partial charge on any atom is -0.378 e. The normalized spacial score (nSPS) is 20.0. The Labute approximate surface area is 166 Å². The molecule has 0 radical (unpaired) electrons. The van der Waals surface area contributed by atoms with Crippen molar-refractivity contribution >= 4 is 74.9 Å². The molecule has 0 saturated carbocycles. The highest BCUT2D eigenvalue weighted by Crippen LogP contribution is 2.31. The Morgan fingerprint density at radius 3 is 2.84 bits per heavy atom. The zero-order valence-corrected chi connectivity index (χ0v) is 16.7. The lowest BCUT2D eigenvalue weighted by Crippen LogP contribution is -2.37. The summed E-state index contributed by atoms with van der Waals surface area (Å²) < 4.78 is 6.48. The van der Waals surface area contributed by atoms with Gasteiger partial charge in [-0.15, -0.1) is 36.6 Å². The van der Waals surface area contributed by atoms with Crippen LogP contribution < -0.4 is 15.5 Å². The molecule has 138 valence electrons. The fraction of sp³-hybridized carbons (Fsp3) is 0.467. The molecule has 2 fully saturated rings. The van der Waals surface area contributed by atoms with Gasteiger partial charge in [0.2, 0.25) is 5.91 Å². The van der Waals surface area contributed by atoms with Gasteiger partial charge in [0.25, 0.3) is 0 Å². The molecule has 1 aromatic heterocycles. The number of halogens is 2. The van der Waals surface area contributed by atoms with E-state index >= 15 is 0 Å². The second-order valence-corrected chi connectivity index (χ2v) is 7.58. The third kappa shape index (κ3) is 4.69. The molecule has 2 aliphatic rings. The van der Waals surface area contributed by atoms with Gasteiger partial charge in [-0.2, -0.15) is 0 Å². The van der Waals surface area contributed by atoms with Crippen LogP contribution in [0.3, 0.4) is 0 Å². The largest absolute Gasteiger partial charge is 0.378 e. The lowest BCUT2D eigenvalue weighted by atomic mass is 10.2. The molecule has 1 unspecified atom stereocenters. The number of nitrogens with one attached hydrogen (secondary N) is 2. The predicted molar refractivity (Wildman–Crippen MR) is 110 cm³/mol. The van der Waals surface area contributed by atoms with Crippen LogP contribution in [0.4, 0.5) is 10.8 Å². The summed E-state index contributed by atoms with van der Waals surface area (Å²) in [7, 11) is 0. The van der Waals surface area contributed by atoms with Gasteiger partial charge in [0.15, 0.2) is 5.13 Å². The molecule has 2 aliphatic heterocycles. The van der Waals surface area contributed by atoms with Gasteiger partial charge in [0, 0.05) is 30.4 Å². The van der Waals surface area contributed by atoms with Crippen LogP contribution in [0.2, 0.25) is 0 Å². The molecule has 1 atom stereocenters. The van der Waals surface area contributed by atoms with E-state index in [0.29, 0.717) is 0 Å². The Balaban J connectivity index is 0.00000113. The minimum atomic E-state index is -0.0962. The molecule has 2 saturated heterocycles. The van der Waals surface area contributed by atoms with Gasteiger partial charge in [-0.1, -0.05) is 11.3 Å². The molecule has 2 N–H and O–H groups in total. The van der Waals surface area contributed by atoms with Crippen molar-refractivity contribution in [1.82, 2.24) is 10.3 Å². The van der Waals surface area contributed by atoms with Gasteiger partial charge in [0.05, 0.1) is 29.5 Å². The predicted octanol–water partition coefficient (Wildman–Crippen LogP) is 2.58. The number of anilines is 2. The van der Waals surface area contributed by atoms with Gasteiger partial charge in [-0.3, -0.25) is 10.1 Å². The molecule has 25 heavy (non-hydrogen) atoms. The van der Waals surface area contributed by atoms with E-state index < -0.39 is 0 Å². The second-order valence-electron chi connectivity index (χ2n) is 5.54. The highest BCUT2D eigenvalue weighted by Gasteiger charge is 2.22. The Hall–Kier alpha value is -0.770. The standard InChI is InChI=1S/C15H18N4O2S2.2ClH/c20-14(12-8-22-9-16-12)17-10-1-2-11-13(7-10)23-15(18-11)19-3-5-21-6-4-19;;/h1-2,7,12,16H,3-6,8-9H2,(H,17,20);2*1H. The first-order chi connectivity index (χ1) is 11.3. The van der Waals surface area contributed by atoms with Gasteiger partial charge < -0.3 is 15.0 Å². The number of amides is 1. The monoisotopic (exact) mass is 422 g/mol. The molecule has 4 rings (SSSR count). The number of hydrogen-bond donors (Lipinski definition) is 2. The SMILES string of the molecule is Cl.Cl.O=C(Nc1ccc2nc(N3CCOCC3)sc2c1)C1CSCN1. The van der Waals surface area contributed by atoms with Crippen LogP contribution >= 0.6 is 47.9 Å². The first-order valence-corrected chi connectivity index (χ1v) is 9.62. The minimum absolute atomic E-state index is 0. The van der Waals surface area contributed by atoms with E-state index in [1.54, 1.807) is 23.1 Å². The molecule has 1 amide bonds. The molecule has 3 heterocycles. The molecule has 2 aromatic rings. The Bertz CT molecular complexity index is 719. The maximum absolute atomic E-state index is 12.2. The number of carbonyl (C=O) groups is 1. The van der Waals surface area contributed by atoms with E-state index in [0.717, 1.165) is 59.0 Å². The van der Waals surface area contributed by atoms with Crippen molar-refractivity contribution in [1.29, 1.82) is 0 Å². The number of ether oxygens (including phenoxy) is 1. The highest BCUT2D eigenvalue weighted by molar-refractivity contribution is 7.99. The van der Waals surface area contributed by atoms with E-state index in [4.69, 9.17) is 9.72 Å². The Morgan fingerprint density at radius 2 is 2.12 bits per heavy atom. The summed E-state index contributed by atoms with van der Waals surface area (Å²) in [5.74, 6) is 1.71. The number of thiazole rings is 1.